The average Bonchev–Trinajstić information content (AvgIpc) is 3.06. The third-order valence-corrected chi connectivity index (χ3v) is 4.41. The predicted molar refractivity (Wildman–Crippen MR) is 92.7 cm³/mol. The fraction of sp³-hybridized carbons (Fsp3) is 0.500. The molecule has 6 nitrogen and oxygen atoms in total. The lowest BCUT2D eigenvalue weighted by molar-refractivity contribution is -0.134. The highest BCUT2D eigenvalue weighted by molar-refractivity contribution is 5.98. The summed E-state index contributed by atoms with van der Waals surface area (Å²) in [6.07, 6.45) is 1.53. The van der Waals surface area contributed by atoms with Crippen LogP contribution in [0.2, 0.25) is 0 Å². The molecular formula is C18H25N3O3. The molecule has 1 saturated heterocycles. The summed E-state index contributed by atoms with van der Waals surface area (Å²) in [7, 11) is 0. The first-order chi connectivity index (χ1) is 11.5. The van der Waals surface area contributed by atoms with Gasteiger partial charge in [-0.2, -0.15) is 0 Å². The van der Waals surface area contributed by atoms with Crippen LogP contribution in [0.3, 0.4) is 0 Å². The molecule has 0 aromatic heterocycles. The van der Waals surface area contributed by atoms with E-state index in [2.05, 4.69) is 5.32 Å². The molecule has 24 heavy (non-hydrogen) atoms. The number of rotatable bonds is 5. The topological polar surface area (TPSA) is 69.7 Å². The van der Waals surface area contributed by atoms with Crippen LogP contribution in [0.4, 0.5) is 5.69 Å². The van der Waals surface area contributed by atoms with Crippen LogP contribution in [0.25, 0.3) is 0 Å². The Bertz CT molecular complexity index is 608. The summed E-state index contributed by atoms with van der Waals surface area (Å²) in [4.78, 5) is 39.5. The van der Waals surface area contributed by atoms with E-state index >= 15 is 0 Å². The van der Waals surface area contributed by atoms with Crippen molar-refractivity contribution >= 4 is 23.4 Å². The van der Waals surface area contributed by atoms with Gasteiger partial charge in [-0.25, -0.2) is 0 Å². The number of likely N-dealkylation sites (tertiary alicyclic amines) is 1. The molecule has 6 heteroatoms. The first-order valence-electron chi connectivity index (χ1n) is 8.45. The number of benzene rings is 1. The highest BCUT2D eigenvalue weighted by atomic mass is 16.2. The molecule has 1 fully saturated rings. The molecule has 0 bridgehead atoms. The summed E-state index contributed by atoms with van der Waals surface area (Å²) < 4.78 is 0. The van der Waals surface area contributed by atoms with Crippen LogP contribution in [-0.4, -0.2) is 53.2 Å². The number of carbonyl (C=O) groups excluding carboxylic acids is 3. The Hall–Kier alpha value is -2.37. The van der Waals surface area contributed by atoms with E-state index in [4.69, 9.17) is 0 Å². The zero-order valence-corrected chi connectivity index (χ0v) is 14.5. The van der Waals surface area contributed by atoms with Gasteiger partial charge in [0.05, 0.1) is 0 Å². The van der Waals surface area contributed by atoms with Gasteiger partial charge >= 0.3 is 0 Å². The number of nitrogens with zero attached hydrogens (tertiary/aromatic N) is 2. The highest BCUT2D eigenvalue weighted by Crippen LogP contribution is 2.19. The van der Waals surface area contributed by atoms with Crippen LogP contribution in [0.1, 0.15) is 44.0 Å². The summed E-state index contributed by atoms with van der Waals surface area (Å²) in [5.41, 5.74) is 1.23. The van der Waals surface area contributed by atoms with Gasteiger partial charge in [0.15, 0.2) is 0 Å². The van der Waals surface area contributed by atoms with E-state index in [9.17, 15) is 14.4 Å². The lowest BCUT2D eigenvalue weighted by atomic mass is 10.1. The second kappa shape index (κ2) is 7.95. The molecule has 1 N–H and O–H groups in total. The van der Waals surface area contributed by atoms with Gasteiger partial charge in [0.1, 0.15) is 6.04 Å². The molecule has 0 aliphatic carbocycles. The summed E-state index contributed by atoms with van der Waals surface area (Å²) in [6.45, 7) is 7.33. The highest BCUT2D eigenvalue weighted by Gasteiger charge is 2.32. The van der Waals surface area contributed by atoms with Gasteiger partial charge in [-0.3, -0.25) is 14.4 Å². The van der Waals surface area contributed by atoms with Crippen molar-refractivity contribution in [1.29, 1.82) is 0 Å². The summed E-state index contributed by atoms with van der Waals surface area (Å²) >= 11 is 0. The maximum Gasteiger partial charge on any atom is 0.253 e. The maximum absolute atomic E-state index is 12.4. The molecule has 1 unspecified atom stereocenters. The van der Waals surface area contributed by atoms with E-state index < -0.39 is 6.04 Å². The number of carbonyl (C=O) groups is 3. The van der Waals surface area contributed by atoms with E-state index in [0.29, 0.717) is 37.3 Å². The second-order valence-corrected chi connectivity index (χ2v) is 5.91. The number of anilines is 1. The number of nitrogens with one attached hydrogen (secondary N) is 1. The second-order valence-electron chi connectivity index (χ2n) is 5.91. The van der Waals surface area contributed by atoms with Crippen LogP contribution in [-0.2, 0) is 9.59 Å². The maximum atomic E-state index is 12.4. The number of amides is 3. The Kier molecular flexibility index (Phi) is 5.95. The molecule has 1 aromatic rings. The van der Waals surface area contributed by atoms with Crippen LogP contribution in [0.15, 0.2) is 24.3 Å². The van der Waals surface area contributed by atoms with Crippen molar-refractivity contribution in [2.24, 2.45) is 0 Å². The number of hydrogen-bond acceptors (Lipinski definition) is 3. The van der Waals surface area contributed by atoms with Gasteiger partial charge in [0.2, 0.25) is 11.8 Å². The molecule has 2 rings (SSSR count). The van der Waals surface area contributed by atoms with Crippen molar-refractivity contribution in [3.05, 3.63) is 29.8 Å². The predicted octanol–water partition coefficient (Wildman–Crippen LogP) is 2.12. The Morgan fingerprint density at radius 2 is 1.79 bits per heavy atom. The zero-order chi connectivity index (χ0) is 17.7. The van der Waals surface area contributed by atoms with E-state index in [0.717, 1.165) is 6.42 Å². The standard InChI is InChI=1S/C18H25N3O3/c1-4-20(5-2)18(24)14-8-10-15(11-9-14)19-17(23)16-7-6-12-21(16)13(3)22/h8-11,16H,4-7,12H2,1-3H3,(H,19,23). The largest absolute Gasteiger partial charge is 0.339 e. The van der Waals surface area contributed by atoms with E-state index in [1.165, 1.54) is 6.92 Å². The molecule has 130 valence electrons. The zero-order valence-electron chi connectivity index (χ0n) is 14.5. The molecule has 0 radical (unpaired) electrons. The molecule has 1 aliphatic heterocycles. The molecule has 0 spiro atoms. The first kappa shape index (κ1) is 18.0. The van der Waals surface area contributed by atoms with Crippen molar-refractivity contribution in [3.63, 3.8) is 0 Å². The molecule has 1 heterocycles. The van der Waals surface area contributed by atoms with Gasteiger partial charge < -0.3 is 15.1 Å². The van der Waals surface area contributed by atoms with E-state index in [1.807, 2.05) is 13.8 Å². The minimum Gasteiger partial charge on any atom is -0.339 e. The summed E-state index contributed by atoms with van der Waals surface area (Å²) in [5, 5.41) is 2.83. The van der Waals surface area contributed by atoms with Crippen molar-refractivity contribution in [2.75, 3.05) is 25.0 Å². The van der Waals surface area contributed by atoms with Crippen LogP contribution < -0.4 is 5.32 Å². The smallest absolute Gasteiger partial charge is 0.253 e. The van der Waals surface area contributed by atoms with Gasteiger partial charge in [0, 0.05) is 37.8 Å². The molecule has 1 atom stereocenters. The Balaban J connectivity index is 2.02. The van der Waals surface area contributed by atoms with Gasteiger partial charge in [-0.05, 0) is 51.0 Å². The Morgan fingerprint density at radius 3 is 2.33 bits per heavy atom. The minimum absolute atomic E-state index is 0.0172. The SMILES string of the molecule is CCN(CC)C(=O)c1ccc(NC(=O)C2CCCN2C(C)=O)cc1. The number of hydrogen-bond donors (Lipinski definition) is 1. The lowest BCUT2D eigenvalue weighted by Gasteiger charge is -2.22. The quantitative estimate of drug-likeness (QED) is 0.898. The molecule has 3 amide bonds. The normalized spacial score (nSPS) is 16.8. The van der Waals surface area contributed by atoms with Gasteiger partial charge in [-0.15, -0.1) is 0 Å². The molecule has 0 saturated carbocycles. The fourth-order valence-corrected chi connectivity index (χ4v) is 3.03. The molecule has 1 aliphatic rings. The third-order valence-electron chi connectivity index (χ3n) is 4.41. The van der Waals surface area contributed by atoms with E-state index in [1.54, 1.807) is 34.1 Å². The summed E-state index contributed by atoms with van der Waals surface area (Å²) in [6, 6.07) is 6.48. The van der Waals surface area contributed by atoms with Crippen LogP contribution in [0, 0.1) is 0 Å². The van der Waals surface area contributed by atoms with Crippen LogP contribution >= 0.6 is 0 Å². The molecule has 1 aromatic carbocycles. The molecular weight excluding hydrogens is 306 g/mol. The Labute approximate surface area is 142 Å². The van der Waals surface area contributed by atoms with Crippen LogP contribution in [0.5, 0.6) is 0 Å². The monoisotopic (exact) mass is 331 g/mol. The van der Waals surface area contributed by atoms with Gasteiger partial charge in [-0.1, -0.05) is 0 Å². The van der Waals surface area contributed by atoms with Crippen molar-refractivity contribution < 1.29 is 14.4 Å². The minimum atomic E-state index is -0.403. The first-order valence-corrected chi connectivity index (χ1v) is 8.45. The Morgan fingerprint density at radius 1 is 1.17 bits per heavy atom. The van der Waals surface area contributed by atoms with Crippen molar-refractivity contribution in [1.82, 2.24) is 9.80 Å². The lowest BCUT2D eigenvalue weighted by Crippen LogP contribution is -2.42. The summed E-state index contributed by atoms with van der Waals surface area (Å²) in [5.74, 6) is -0.269. The average molecular weight is 331 g/mol. The van der Waals surface area contributed by atoms with Gasteiger partial charge in [0.25, 0.3) is 5.91 Å². The van der Waals surface area contributed by atoms with Crippen molar-refractivity contribution in [3.8, 4) is 0 Å². The fourth-order valence-electron chi connectivity index (χ4n) is 3.03. The van der Waals surface area contributed by atoms with E-state index in [-0.39, 0.29) is 17.7 Å². The third kappa shape index (κ3) is 3.93. The van der Waals surface area contributed by atoms with Crippen molar-refractivity contribution in [2.45, 2.75) is 39.7 Å².